The molecular weight excluding hydrogens is 662 g/mol. The molecule has 0 spiro atoms. The molecule has 8 nitrogen and oxygen atoms in total. The van der Waals surface area contributed by atoms with E-state index in [9.17, 15) is 29.1 Å². The topological polar surface area (TPSA) is 118 Å². The van der Waals surface area contributed by atoms with Crippen LogP contribution in [-0.2, 0) is 25.6 Å². The molecule has 0 radical (unpaired) electrons. The monoisotopic (exact) mass is 687 g/mol. The summed E-state index contributed by atoms with van der Waals surface area (Å²) in [5.41, 5.74) is 4.34. The lowest BCUT2D eigenvalue weighted by Gasteiger charge is -2.43. The largest absolute Gasteiger partial charge is 0.508 e. The first kappa shape index (κ1) is 29.3. The maximum atomic E-state index is 14.3. The molecule has 1 saturated heterocycles. The number of ketones is 3. The minimum absolute atomic E-state index is 0.0816. The van der Waals surface area contributed by atoms with Gasteiger partial charge in [0.05, 0.1) is 28.3 Å². The molecule has 9 heteroatoms. The van der Waals surface area contributed by atoms with E-state index in [1.807, 2.05) is 12.1 Å². The van der Waals surface area contributed by atoms with Gasteiger partial charge < -0.3 is 9.84 Å². The number of ether oxygens (including phenoxy) is 1. The maximum Gasteiger partial charge on any atom is 0.238 e. The number of fused-ring (bicyclic) bond motifs is 4. The highest BCUT2D eigenvalue weighted by molar-refractivity contribution is 9.12. The second-order valence-corrected chi connectivity index (χ2v) is 13.3. The minimum Gasteiger partial charge on any atom is -0.508 e. The normalized spacial score (nSPS) is 24.8. The number of rotatable bonds is 4. The average molecular weight is 689 g/mol. The van der Waals surface area contributed by atoms with Gasteiger partial charge in [0.25, 0.3) is 0 Å². The number of benzene rings is 3. The van der Waals surface area contributed by atoms with Crippen LogP contribution in [0.15, 0.2) is 118 Å². The van der Waals surface area contributed by atoms with Crippen molar-refractivity contribution in [2.45, 2.75) is 19.3 Å². The summed E-state index contributed by atoms with van der Waals surface area (Å²) in [7, 11) is 0. The van der Waals surface area contributed by atoms with Gasteiger partial charge in [-0.25, -0.2) is 0 Å². The molecule has 2 aliphatic heterocycles. The quantitative estimate of drug-likeness (QED) is 0.156. The van der Waals surface area contributed by atoms with Crippen molar-refractivity contribution in [3.8, 4) is 11.5 Å². The van der Waals surface area contributed by atoms with Gasteiger partial charge in [0.2, 0.25) is 11.8 Å². The Labute approximate surface area is 277 Å². The number of anilines is 1. The summed E-state index contributed by atoms with van der Waals surface area (Å²) < 4.78 is 6.10. The standard InChI is InChI=1S/C38H26BrNO7/c39-29-17-30(42)34-28(36(29)44)16-27-25(32(34)22-14-21-15-24(41)10-13-31(21)47-18-22)11-12-26-33(27)38(46)40(37(26)45)23-8-6-20(7-9-23)35(43)19-4-2-1-3-5-19/h1-11,13,15,17-18,26-27,32-33,41H,12,14,16H2/t26-,27+,32-,33-/m0/s1. The van der Waals surface area contributed by atoms with Gasteiger partial charge in [-0.15, -0.1) is 0 Å². The predicted molar refractivity (Wildman–Crippen MR) is 175 cm³/mol. The van der Waals surface area contributed by atoms with Crippen molar-refractivity contribution in [2.24, 2.45) is 23.7 Å². The zero-order valence-corrected chi connectivity index (χ0v) is 26.4. The van der Waals surface area contributed by atoms with Gasteiger partial charge in [-0.2, -0.15) is 0 Å². The van der Waals surface area contributed by atoms with Crippen molar-refractivity contribution in [3.05, 3.63) is 135 Å². The zero-order chi connectivity index (χ0) is 32.6. The molecule has 0 saturated carbocycles. The first-order valence-electron chi connectivity index (χ1n) is 15.4. The molecular formula is C38H26BrNO7. The van der Waals surface area contributed by atoms with Crippen molar-refractivity contribution in [3.63, 3.8) is 0 Å². The van der Waals surface area contributed by atoms with E-state index in [2.05, 4.69) is 15.9 Å². The molecule has 8 rings (SSSR count). The van der Waals surface area contributed by atoms with Gasteiger partial charge in [-0.05, 0) is 82.7 Å². The van der Waals surface area contributed by atoms with E-state index >= 15 is 0 Å². The van der Waals surface area contributed by atoms with Gasteiger partial charge >= 0.3 is 0 Å². The Kier molecular flexibility index (Phi) is 6.84. The van der Waals surface area contributed by atoms with Crippen LogP contribution < -0.4 is 9.64 Å². The molecule has 1 N–H and O–H groups in total. The van der Waals surface area contributed by atoms with Crippen LogP contribution in [-0.4, -0.2) is 34.3 Å². The fourth-order valence-electron chi connectivity index (χ4n) is 7.79. The molecule has 3 aromatic rings. The van der Waals surface area contributed by atoms with Crippen molar-refractivity contribution in [1.82, 2.24) is 0 Å². The number of carbonyl (C=O) groups is 5. The van der Waals surface area contributed by atoms with Crippen LogP contribution >= 0.6 is 15.9 Å². The molecule has 1 fully saturated rings. The van der Waals surface area contributed by atoms with Crippen LogP contribution in [0.1, 0.15) is 34.3 Å². The number of carbonyl (C=O) groups excluding carboxylic acids is 5. The molecule has 2 amide bonds. The molecule has 2 heterocycles. The molecule has 0 unspecified atom stereocenters. The summed E-state index contributed by atoms with van der Waals surface area (Å²) in [6.45, 7) is 0. The molecule has 47 heavy (non-hydrogen) atoms. The summed E-state index contributed by atoms with van der Waals surface area (Å²) in [4.78, 5) is 69.4. The van der Waals surface area contributed by atoms with E-state index in [1.165, 1.54) is 17.0 Å². The van der Waals surface area contributed by atoms with E-state index in [0.717, 1.165) is 16.7 Å². The van der Waals surface area contributed by atoms with E-state index < -0.39 is 23.7 Å². The fraction of sp³-hybridized carbons (Fsp3) is 0.184. The Morgan fingerprint density at radius 2 is 1.64 bits per heavy atom. The smallest absolute Gasteiger partial charge is 0.238 e. The zero-order valence-electron chi connectivity index (χ0n) is 24.8. The maximum absolute atomic E-state index is 14.3. The van der Waals surface area contributed by atoms with E-state index in [-0.39, 0.29) is 45.8 Å². The second-order valence-electron chi connectivity index (χ2n) is 12.4. The number of allylic oxidation sites excluding steroid dienone is 7. The lowest BCUT2D eigenvalue weighted by molar-refractivity contribution is -0.123. The molecule has 3 aliphatic carbocycles. The van der Waals surface area contributed by atoms with Crippen molar-refractivity contribution >= 4 is 50.8 Å². The number of amides is 2. The highest BCUT2D eigenvalue weighted by Crippen LogP contribution is 2.55. The lowest BCUT2D eigenvalue weighted by Crippen LogP contribution is -2.41. The number of imide groups is 1. The van der Waals surface area contributed by atoms with E-state index in [0.29, 0.717) is 46.6 Å². The molecule has 232 valence electrons. The number of nitrogens with zero attached hydrogens (tertiary/aromatic N) is 1. The fourth-order valence-corrected chi connectivity index (χ4v) is 8.24. The summed E-state index contributed by atoms with van der Waals surface area (Å²) in [5, 5.41) is 10.1. The SMILES string of the molecule is O=C1C=C(Br)C(=O)C2=C1[C@@H](C1=COc3ccc(O)cc3C1)C1=CC[C@@H]3C(=O)N(c4ccc(C(=O)c5ccccc5)cc4)C(=O)[C@@H]3[C@@H]1C2. The van der Waals surface area contributed by atoms with Crippen molar-refractivity contribution < 1.29 is 33.8 Å². The second kappa shape index (κ2) is 11.0. The molecule has 0 bridgehead atoms. The van der Waals surface area contributed by atoms with E-state index in [4.69, 9.17) is 4.74 Å². The third-order valence-electron chi connectivity index (χ3n) is 9.90. The van der Waals surface area contributed by atoms with Crippen molar-refractivity contribution in [1.29, 1.82) is 0 Å². The summed E-state index contributed by atoms with van der Waals surface area (Å²) in [6.07, 6.45) is 5.66. The number of aromatic hydroxyl groups is 1. The number of Topliss-reactive ketones (excluding diaryl/α,β-unsaturated/α-hetero) is 1. The van der Waals surface area contributed by atoms with Crippen LogP contribution in [0.25, 0.3) is 0 Å². The van der Waals surface area contributed by atoms with Crippen molar-refractivity contribution in [2.75, 3.05) is 4.90 Å². The van der Waals surface area contributed by atoms with Crippen LogP contribution in [0, 0.1) is 23.7 Å². The van der Waals surface area contributed by atoms with Gasteiger partial charge in [0.15, 0.2) is 17.3 Å². The van der Waals surface area contributed by atoms with Gasteiger partial charge in [-0.3, -0.25) is 28.9 Å². The van der Waals surface area contributed by atoms with Gasteiger partial charge in [0.1, 0.15) is 11.5 Å². The Morgan fingerprint density at radius 3 is 2.40 bits per heavy atom. The predicted octanol–water partition coefficient (Wildman–Crippen LogP) is 5.94. The molecule has 0 aromatic heterocycles. The lowest BCUT2D eigenvalue weighted by atomic mass is 9.59. The first-order valence-corrected chi connectivity index (χ1v) is 16.1. The number of phenolic OH excluding ortho intramolecular Hbond substituents is 1. The Hall–Kier alpha value is -5.15. The highest BCUT2D eigenvalue weighted by atomic mass is 79.9. The summed E-state index contributed by atoms with van der Waals surface area (Å²) >= 11 is 3.26. The van der Waals surface area contributed by atoms with Crippen LogP contribution in [0.2, 0.25) is 0 Å². The van der Waals surface area contributed by atoms with Crippen LogP contribution in [0.3, 0.4) is 0 Å². The number of hydrogen-bond acceptors (Lipinski definition) is 7. The van der Waals surface area contributed by atoms with Crippen LogP contribution in [0.4, 0.5) is 5.69 Å². The van der Waals surface area contributed by atoms with E-state index in [1.54, 1.807) is 66.9 Å². The highest BCUT2D eigenvalue weighted by Gasteiger charge is 2.57. The minimum atomic E-state index is -0.737. The molecule has 3 aromatic carbocycles. The Bertz CT molecular complexity index is 2070. The summed E-state index contributed by atoms with van der Waals surface area (Å²) in [6, 6.07) is 20.2. The Balaban J connectivity index is 1.15. The molecule has 4 atom stereocenters. The number of phenols is 1. The Morgan fingerprint density at radius 1 is 0.894 bits per heavy atom. The first-order chi connectivity index (χ1) is 22.7. The number of halogens is 1. The average Bonchev–Trinajstić information content (AvgIpc) is 3.35. The third-order valence-corrected chi connectivity index (χ3v) is 10.5. The van der Waals surface area contributed by atoms with Gasteiger partial charge in [-0.1, -0.05) is 42.0 Å². The molecule has 5 aliphatic rings. The summed E-state index contributed by atoms with van der Waals surface area (Å²) in [5.74, 6) is -3.30. The third kappa shape index (κ3) is 4.59. The number of hydrogen-bond donors (Lipinski definition) is 1. The van der Waals surface area contributed by atoms with Crippen LogP contribution in [0.5, 0.6) is 11.5 Å². The van der Waals surface area contributed by atoms with Gasteiger partial charge in [0, 0.05) is 46.3 Å².